The van der Waals surface area contributed by atoms with Crippen molar-refractivity contribution in [2.75, 3.05) is 13.1 Å². The van der Waals surface area contributed by atoms with Gasteiger partial charge < -0.3 is 10.6 Å². The lowest BCUT2D eigenvalue weighted by atomic mass is 9.96. The number of hydrogen-bond acceptors (Lipinski definition) is 3. The van der Waals surface area contributed by atoms with Gasteiger partial charge in [-0.2, -0.15) is 0 Å². The van der Waals surface area contributed by atoms with Gasteiger partial charge in [0.25, 0.3) is 0 Å². The summed E-state index contributed by atoms with van der Waals surface area (Å²) in [7, 11) is 0. The highest BCUT2D eigenvalue weighted by molar-refractivity contribution is 7.09. The standard InChI is InChI=1S/C18H24N4S/c1-3-19-17(20-11-16-14(2)22-13-23-16)21-12-18(9-10-18)15-7-5-4-6-8-15/h4-8,13H,3,9-12H2,1-2H3,(H2,19,20,21). The van der Waals surface area contributed by atoms with Gasteiger partial charge in [0.2, 0.25) is 0 Å². The number of nitrogens with one attached hydrogen (secondary N) is 2. The number of guanidine groups is 1. The third-order valence-electron chi connectivity index (χ3n) is 4.40. The molecule has 1 saturated carbocycles. The molecule has 0 radical (unpaired) electrons. The zero-order valence-electron chi connectivity index (χ0n) is 13.8. The van der Waals surface area contributed by atoms with Gasteiger partial charge in [-0.25, -0.2) is 9.98 Å². The number of rotatable bonds is 6. The summed E-state index contributed by atoms with van der Waals surface area (Å²) in [5, 5.41) is 6.87. The van der Waals surface area contributed by atoms with E-state index in [9.17, 15) is 0 Å². The van der Waals surface area contributed by atoms with E-state index >= 15 is 0 Å². The minimum atomic E-state index is 0.290. The van der Waals surface area contributed by atoms with Crippen LogP contribution in [0.4, 0.5) is 0 Å². The highest BCUT2D eigenvalue weighted by atomic mass is 32.1. The zero-order chi connectivity index (χ0) is 16.1. The zero-order valence-corrected chi connectivity index (χ0v) is 14.6. The summed E-state index contributed by atoms with van der Waals surface area (Å²) < 4.78 is 0. The smallest absolute Gasteiger partial charge is 0.191 e. The van der Waals surface area contributed by atoms with Gasteiger partial charge in [0, 0.05) is 23.4 Å². The molecule has 0 unspecified atom stereocenters. The van der Waals surface area contributed by atoms with Crippen LogP contribution in [0.5, 0.6) is 0 Å². The van der Waals surface area contributed by atoms with Crippen LogP contribution in [0.1, 0.15) is 35.9 Å². The Hall–Kier alpha value is -1.88. The van der Waals surface area contributed by atoms with Crippen LogP contribution >= 0.6 is 11.3 Å². The molecule has 23 heavy (non-hydrogen) atoms. The number of nitrogens with zero attached hydrogens (tertiary/aromatic N) is 2. The Balaban J connectivity index is 1.63. The molecule has 1 aliphatic carbocycles. The Kier molecular flexibility index (Phi) is 4.96. The van der Waals surface area contributed by atoms with Crippen molar-refractivity contribution < 1.29 is 0 Å². The number of thiazole rings is 1. The maximum atomic E-state index is 4.71. The molecule has 0 atom stereocenters. The summed E-state index contributed by atoms with van der Waals surface area (Å²) in [5.74, 6) is 0.891. The second-order valence-electron chi connectivity index (χ2n) is 6.06. The van der Waals surface area contributed by atoms with Crippen LogP contribution in [0.3, 0.4) is 0 Å². The second-order valence-corrected chi connectivity index (χ2v) is 7.00. The van der Waals surface area contributed by atoms with Crippen molar-refractivity contribution in [3.05, 3.63) is 52.0 Å². The summed E-state index contributed by atoms with van der Waals surface area (Å²) in [6.07, 6.45) is 2.49. The van der Waals surface area contributed by atoms with Gasteiger partial charge in [0.1, 0.15) is 0 Å². The lowest BCUT2D eigenvalue weighted by Crippen LogP contribution is -2.41. The minimum absolute atomic E-state index is 0.290. The number of aliphatic imine (C=N–C) groups is 1. The maximum absolute atomic E-state index is 4.71. The summed E-state index contributed by atoms with van der Waals surface area (Å²) >= 11 is 1.67. The number of benzene rings is 1. The molecular weight excluding hydrogens is 304 g/mol. The Labute approximate surface area is 142 Å². The third kappa shape index (κ3) is 3.91. The Morgan fingerprint density at radius 1 is 1.26 bits per heavy atom. The molecule has 1 fully saturated rings. The van der Waals surface area contributed by atoms with Crippen LogP contribution < -0.4 is 10.6 Å². The number of aryl methyl sites for hydroxylation is 1. The van der Waals surface area contributed by atoms with Crippen LogP contribution in [-0.4, -0.2) is 24.0 Å². The highest BCUT2D eigenvalue weighted by Gasteiger charge is 2.43. The first-order valence-electron chi connectivity index (χ1n) is 8.20. The van der Waals surface area contributed by atoms with Crippen LogP contribution in [0, 0.1) is 6.92 Å². The predicted molar refractivity (Wildman–Crippen MR) is 97.0 cm³/mol. The molecule has 5 heteroatoms. The molecule has 4 nitrogen and oxygen atoms in total. The van der Waals surface area contributed by atoms with E-state index in [4.69, 9.17) is 4.99 Å². The van der Waals surface area contributed by atoms with Crippen LogP contribution in [0.2, 0.25) is 0 Å². The van der Waals surface area contributed by atoms with E-state index in [0.29, 0.717) is 6.54 Å². The SMILES string of the molecule is CCNC(=NCc1scnc1C)NCC1(c2ccccc2)CC1. The van der Waals surface area contributed by atoms with Crippen molar-refractivity contribution in [2.45, 2.75) is 38.6 Å². The van der Waals surface area contributed by atoms with E-state index in [0.717, 1.165) is 24.7 Å². The Bertz CT molecular complexity index is 659. The molecule has 3 rings (SSSR count). The number of hydrogen-bond donors (Lipinski definition) is 2. The molecule has 122 valence electrons. The van der Waals surface area contributed by atoms with Crippen molar-refractivity contribution in [2.24, 2.45) is 4.99 Å². The molecule has 2 N–H and O–H groups in total. The number of aromatic nitrogens is 1. The summed E-state index contributed by atoms with van der Waals surface area (Å²) in [6, 6.07) is 10.8. The lowest BCUT2D eigenvalue weighted by Gasteiger charge is -2.19. The Morgan fingerprint density at radius 2 is 2.04 bits per heavy atom. The largest absolute Gasteiger partial charge is 0.357 e. The minimum Gasteiger partial charge on any atom is -0.357 e. The molecule has 0 aliphatic heterocycles. The average Bonchev–Trinajstić information content (AvgIpc) is 3.27. The Morgan fingerprint density at radius 3 is 2.65 bits per heavy atom. The van der Waals surface area contributed by atoms with Gasteiger partial charge in [-0.1, -0.05) is 30.3 Å². The molecular formula is C18H24N4S. The molecule has 1 aromatic carbocycles. The van der Waals surface area contributed by atoms with Gasteiger partial charge >= 0.3 is 0 Å². The molecule has 1 heterocycles. The monoisotopic (exact) mass is 328 g/mol. The summed E-state index contributed by atoms with van der Waals surface area (Å²) in [6.45, 7) is 6.62. The summed E-state index contributed by atoms with van der Waals surface area (Å²) in [4.78, 5) is 10.2. The molecule has 1 aromatic heterocycles. The van der Waals surface area contributed by atoms with Crippen molar-refractivity contribution in [1.82, 2.24) is 15.6 Å². The van der Waals surface area contributed by atoms with E-state index in [1.807, 2.05) is 12.4 Å². The average molecular weight is 328 g/mol. The lowest BCUT2D eigenvalue weighted by molar-refractivity contribution is 0.646. The van der Waals surface area contributed by atoms with Crippen molar-refractivity contribution in [1.29, 1.82) is 0 Å². The quantitative estimate of drug-likeness (QED) is 0.632. The second kappa shape index (κ2) is 7.13. The molecule has 0 bridgehead atoms. The van der Waals surface area contributed by atoms with Gasteiger partial charge in [-0.15, -0.1) is 11.3 Å². The topological polar surface area (TPSA) is 49.3 Å². The van der Waals surface area contributed by atoms with Gasteiger partial charge in [0.05, 0.1) is 17.7 Å². The van der Waals surface area contributed by atoms with Crippen LogP contribution in [-0.2, 0) is 12.0 Å². The molecule has 0 amide bonds. The van der Waals surface area contributed by atoms with Crippen molar-refractivity contribution >= 4 is 17.3 Å². The first-order chi connectivity index (χ1) is 11.2. The third-order valence-corrected chi connectivity index (χ3v) is 5.32. The molecule has 2 aromatic rings. The fourth-order valence-corrected chi connectivity index (χ4v) is 3.43. The van der Waals surface area contributed by atoms with E-state index in [1.54, 1.807) is 11.3 Å². The fourth-order valence-electron chi connectivity index (χ4n) is 2.73. The van der Waals surface area contributed by atoms with Crippen molar-refractivity contribution in [3.63, 3.8) is 0 Å². The van der Waals surface area contributed by atoms with Gasteiger partial charge in [-0.05, 0) is 32.3 Å². The fraction of sp³-hybridized carbons (Fsp3) is 0.444. The highest BCUT2D eigenvalue weighted by Crippen LogP contribution is 2.47. The molecule has 0 saturated heterocycles. The predicted octanol–water partition coefficient (Wildman–Crippen LogP) is 3.24. The van der Waals surface area contributed by atoms with Crippen LogP contribution in [0.25, 0.3) is 0 Å². The molecule has 1 aliphatic rings. The van der Waals surface area contributed by atoms with Gasteiger partial charge in [0.15, 0.2) is 5.96 Å². The summed E-state index contributed by atoms with van der Waals surface area (Å²) in [5.41, 5.74) is 4.69. The normalized spacial score (nSPS) is 16.2. The van der Waals surface area contributed by atoms with Crippen molar-refractivity contribution in [3.8, 4) is 0 Å². The maximum Gasteiger partial charge on any atom is 0.191 e. The first kappa shape index (κ1) is 16.0. The van der Waals surface area contributed by atoms with Crippen LogP contribution in [0.15, 0.2) is 40.8 Å². The first-order valence-corrected chi connectivity index (χ1v) is 9.08. The van der Waals surface area contributed by atoms with E-state index in [-0.39, 0.29) is 5.41 Å². The molecule has 0 spiro atoms. The van der Waals surface area contributed by atoms with E-state index in [2.05, 4.69) is 52.9 Å². The van der Waals surface area contributed by atoms with E-state index < -0.39 is 0 Å². The van der Waals surface area contributed by atoms with Gasteiger partial charge in [-0.3, -0.25) is 0 Å². The van der Waals surface area contributed by atoms with E-state index in [1.165, 1.54) is 23.3 Å².